The molecular formula is C16H24FN. The first-order valence-corrected chi connectivity index (χ1v) is 7.06. The fourth-order valence-corrected chi connectivity index (χ4v) is 2.96. The Labute approximate surface area is 110 Å². The van der Waals surface area contributed by atoms with Crippen molar-refractivity contribution in [3.63, 3.8) is 0 Å². The zero-order valence-corrected chi connectivity index (χ0v) is 11.6. The van der Waals surface area contributed by atoms with Crippen LogP contribution in [0, 0.1) is 11.7 Å². The fourth-order valence-electron chi connectivity index (χ4n) is 2.96. The van der Waals surface area contributed by atoms with Crippen LogP contribution in [0.25, 0.3) is 0 Å². The quantitative estimate of drug-likeness (QED) is 0.828. The summed E-state index contributed by atoms with van der Waals surface area (Å²) in [6.07, 6.45) is 3.51. The summed E-state index contributed by atoms with van der Waals surface area (Å²) in [4.78, 5) is 0. The molecule has 1 nitrogen and oxygen atoms in total. The average Bonchev–Trinajstić information content (AvgIpc) is 2.21. The molecular weight excluding hydrogens is 225 g/mol. The highest BCUT2D eigenvalue weighted by Crippen LogP contribution is 2.37. The van der Waals surface area contributed by atoms with Crippen LogP contribution in [0.15, 0.2) is 24.3 Å². The van der Waals surface area contributed by atoms with E-state index in [4.69, 9.17) is 0 Å². The SMILES string of the molecule is CC(C)CC(C)NC1CC(c2cccc(F)c2)C1. The van der Waals surface area contributed by atoms with Crippen molar-refractivity contribution in [1.82, 2.24) is 5.32 Å². The lowest BCUT2D eigenvalue weighted by molar-refractivity contribution is 0.257. The predicted molar refractivity (Wildman–Crippen MR) is 74.2 cm³/mol. The van der Waals surface area contributed by atoms with Crippen LogP contribution >= 0.6 is 0 Å². The molecule has 0 amide bonds. The molecule has 0 aromatic heterocycles. The van der Waals surface area contributed by atoms with E-state index < -0.39 is 0 Å². The summed E-state index contributed by atoms with van der Waals surface area (Å²) in [6.45, 7) is 6.78. The second-order valence-electron chi connectivity index (χ2n) is 6.12. The Morgan fingerprint density at radius 3 is 2.61 bits per heavy atom. The van der Waals surface area contributed by atoms with Gasteiger partial charge in [0.25, 0.3) is 0 Å². The molecule has 1 fully saturated rings. The molecule has 1 aliphatic carbocycles. The van der Waals surface area contributed by atoms with E-state index in [1.54, 1.807) is 6.07 Å². The smallest absolute Gasteiger partial charge is 0.123 e. The summed E-state index contributed by atoms with van der Waals surface area (Å²) in [7, 11) is 0. The standard InChI is InChI=1S/C16H24FN/c1-11(2)7-12(3)18-16-9-14(10-16)13-5-4-6-15(17)8-13/h4-6,8,11-12,14,16,18H,7,9-10H2,1-3H3. The molecule has 1 aliphatic rings. The van der Waals surface area contributed by atoms with Crippen molar-refractivity contribution >= 4 is 0 Å². The lowest BCUT2D eigenvalue weighted by atomic mass is 9.75. The van der Waals surface area contributed by atoms with Gasteiger partial charge in [-0.3, -0.25) is 0 Å². The van der Waals surface area contributed by atoms with Gasteiger partial charge in [-0.2, -0.15) is 0 Å². The third-order valence-electron chi connectivity index (χ3n) is 3.80. The van der Waals surface area contributed by atoms with Gasteiger partial charge in [0.2, 0.25) is 0 Å². The highest BCUT2D eigenvalue weighted by atomic mass is 19.1. The number of hydrogen-bond donors (Lipinski definition) is 1. The van der Waals surface area contributed by atoms with E-state index in [9.17, 15) is 4.39 Å². The Morgan fingerprint density at radius 2 is 2.00 bits per heavy atom. The van der Waals surface area contributed by atoms with Crippen molar-refractivity contribution in [2.75, 3.05) is 0 Å². The molecule has 2 rings (SSSR count). The van der Waals surface area contributed by atoms with E-state index in [-0.39, 0.29) is 5.82 Å². The Kier molecular flexibility index (Phi) is 4.39. The van der Waals surface area contributed by atoms with Crippen molar-refractivity contribution in [1.29, 1.82) is 0 Å². The monoisotopic (exact) mass is 249 g/mol. The van der Waals surface area contributed by atoms with Gasteiger partial charge in [0.05, 0.1) is 0 Å². The van der Waals surface area contributed by atoms with Crippen molar-refractivity contribution in [2.45, 2.75) is 58.0 Å². The Balaban J connectivity index is 1.77. The van der Waals surface area contributed by atoms with Crippen LogP contribution in [-0.2, 0) is 0 Å². The molecule has 0 radical (unpaired) electrons. The predicted octanol–water partition coefficient (Wildman–Crippen LogP) is 4.10. The van der Waals surface area contributed by atoms with Crippen LogP contribution in [0.1, 0.15) is 51.5 Å². The molecule has 0 bridgehead atoms. The van der Waals surface area contributed by atoms with Gasteiger partial charge in [0.15, 0.2) is 0 Å². The Hall–Kier alpha value is -0.890. The van der Waals surface area contributed by atoms with E-state index in [0.29, 0.717) is 18.0 Å². The number of rotatable bonds is 5. The molecule has 1 N–H and O–H groups in total. The Bertz CT molecular complexity index is 382. The second-order valence-corrected chi connectivity index (χ2v) is 6.12. The first-order valence-electron chi connectivity index (χ1n) is 7.06. The summed E-state index contributed by atoms with van der Waals surface area (Å²) >= 11 is 0. The van der Waals surface area contributed by atoms with Gasteiger partial charge in [-0.1, -0.05) is 26.0 Å². The molecule has 2 heteroatoms. The van der Waals surface area contributed by atoms with Gasteiger partial charge in [0, 0.05) is 12.1 Å². The third-order valence-corrected chi connectivity index (χ3v) is 3.80. The molecule has 0 heterocycles. The summed E-state index contributed by atoms with van der Waals surface area (Å²) in [6, 6.07) is 8.26. The van der Waals surface area contributed by atoms with Crippen LogP contribution in [0.5, 0.6) is 0 Å². The van der Waals surface area contributed by atoms with Gasteiger partial charge in [-0.25, -0.2) is 4.39 Å². The first kappa shape index (κ1) is 13.5. The van der Waals surface area contributed by atoms with Crippen molar-refractivity contribution < 1.29 is 4.39 Å². The maximum Gasteiger partial charge on any atom is 0.123 e. The van der Waals surface area contributed by atoms with Crippen LogP contribution in [0.3, 0.4) is 0 Å². The van der Waals surface area contributed by atoms with Crippen molar-refractivity contribution in [2.24, 2.45) is 5.92 Å². The van der Waals surface area contributed by atoms with Crippen LogP contribution < -0.4 is 5.32 Å². The zero-order valence-electron chi connectivity index (χ0n) is 11.6. The normalized spacial score (nSPS) is 24.9. The average molecular weight is 249 g/mol. The number of halogens is 1. The summed E-state index contributed by atoms with van der Waals surface area (Å²) in [5, 5.41) is 3.67. The molecule has 0 aliphatic heterocycles. The van der Waals surface area contributed by atoms with Gasteiger partial charge in [-0.05, 0) is 55.7 Å². The lowest BCUT2D eigenvalue weighted by Gasteiger charge is -2.38. The minimum atomic E-state index is -0.114. The van der Waals surface area contributed by atoms with Crippen molar-refractivity contribution in [3.05, 3.63) is 35.6 Å². The van der Waals surface area contributed by atoms with E-state index in [1.165, 1.54) is 12.5 Å². The summed E-state index contributed by atoms with van der Waals surface area (Å²) in [5.41, 5.74) is 1.16. The van der Waals surface area contributed by atoms with Gasteiger partial charge in [-0.15, -0.1) is 0 Å². The molecule has 1 aromatic carbocycles. The number of nitrogens with one attached hydrogen (secondary N) is 1. The molecule has 0 saturated heterocycles. The summed E-state index contributed by atoms with van der Waals surface area (Å²) in [5.74, 6) is 1.17. The zero-order chi connectivity index (χ0) is 13.1. The maximum absolute atomic E-state index is 13.1. The number of benzene rings is 1. The largest absolute Gasteiger partial charge is 0.311 e. The van der Waals surface area contributed by atoms with E-state index in [0.717, 1.165) is 24.3 Å². The molecule has 1 aromatic rings. The highest BCUT2D eigenvalue weighted by molar-refractivity contribution is 5.23. The molecule has 100 valence electrons. The van der Waals surface area contributed by atoms with Crippen molar-refractivity contribution in [3.8, 4) is 0 Å². The summed E-state index contributed by atoms with van der Waals surface area (Å²) < 4.78 is 13.1. The van der Waals surface area contributed by atoms with Crippen LogP contribution in [-0.4, -0.2) is 12.1 Å². The van der Waals surface area contributed by atoms with E-state index >= 15 is 0 Å². The van der Waals surface area contributed by atoms with Crippen LogP contribution in [0.2, 0.25) is 0 Å². The fraction of sp³-hybridized carbons (Fsp3) is 0.625. The first-order chi connectivity index (χ1) is 8.54. The highest BCUT2D eigenvalue weighted by Gasteiger charge is 2.31. The van der Waals surface area contributed by atoms with Crippen LogP contribution in [0.4, 0.5) is 4.39 Å². The molecule has 1 atom stereocenters. The van der Waals surface area contributed by atoms with Gasteiger partial charge in [0.1, 0.15) is 5.82 Å². The molecule has 1 saturated carbocycles. The van der Waals surface area contributed by atoms with E-state index in [2.05, 4.69) is 26.1 Å². The number of hydrogen-bond acceptors (Lipinski definition) is 1. The van der Waals surface area contributed by atoms with E-state index in [1.807, 2.05) is 12.1 Å². The minimum Gasteiger partial charge on any atom is -0.311 e. The molecule has 1 unspecified atom stereocenters. The third kappa shape index (κ3) is 3.55. The Morgan fingerprint density at radius 1 is 1.28 bits per heavy atom. The lowest BCUT2D eigenvalue weighted by Crippen LogP contribution is -2.44. The van der Waals surface area contributed by atoms with Gasteiger partial charge >= 0.3 is 0 Å². The minimum absolute atomic E-state index is 0.114. The van der Waals surface area contributed by atoms with Gasteiger partial charge < -0.3 is 5.32 Å². The second kappa shape index (κ2) is 5.83. The maximum atomic E-state index is 13.1. The topological polar surface area (TPSA) is 12.0 Å². The molecule has 0 spiro atoms. The molecule has 18 heavy (non-hydrogen) atoms.